The monoisotopic (exact) mass is 250 g/mol. The molecule has 1 atom stereocenters. The van der Waals surface area contributed by atoms with E-state index in [0.29, 0.717) is 5.41 Å². The summed E-state index contributed by atoms with van der Waals surface area (Å²) in [6.07, 6.45) is 4.23. The van der Waals surface area contributed by atoms with Gasteiger partial charge in [-0.1, -0.05) is 36.2 Å². The molecule has 72 valence electrons. The molecule has 0 saturated heterocycles. The summed E-state index contributed by atoms with van der Waals surface area (Å²) < 4.78 is 0. The zero-order valence-corrected chi connectivity index (χ0v) is 10.5. The molecule has 2 heteroatoms. The van der Waals surface area contributed by atoms with E-state index in [4.69, 9.17) is 0 Å². The molecule has 0 spiro atoms. The van der Waals surface area contributed by atoms with E-state index in [2.05, 4.69) is 41.5 Å². The van der Waals surface area contributed by atoms with Gasteiger partial charge in [0.1, 0.15) is 0 Å². The Morgan fingerprint density at radius 2 is 2.17 bits per heavy atom. The van der Waals surface area contributed by atoms with Gasteiger partial charge >= 0.3 is 0 Å². The highest BCUT2D eigenvalue weighted by Gasteiger charge is 2.40. The van der Waals surface area contributed by atoms with E-state index in [-0.39, 0.29) is 0 Å². The first-order chi connectivity index (χ1) is 5.72. The minimum atomic E-state index is 0.706. The van der Waals surface area contributed by atoms with Gasteiger partial charge in [-0.05, 0) is 35.7 Å². The first-order valence-electron chi connectivity index (χ1n) is 4.86. The van der Waals surface area contributed by atoms with Crippen molar-refractivity contribution in [2.75, 3.05) is 16.8 Å². The minimum absolute atomic E-state index is 0.706. The van der Waals surface area contributed by atoms with Crippen molar-refractivity contribution in [2.45, 2.75) is 33.1 Å². The van der Waals surface area contributed by atoms with Crippen molar-refractivity contribution in [3.8, 4) is 0 Å². The average Bonchev–Trinajstić information content (AvgIpc) is 2.85. The Bertz CT molecular complexity index is 132. The molecule has 1 aliphatic carbocycles. The number of alkyl halides is 1. The maximum atomic E-state index is 3.60. The second-order valence-electron chi connectivity index (χ2n) is 4.16. The first kappa shape index (κ1) is 10.9. The molecule has 1 rings (SSSR count). The Balaban J connectivity index is 2.02. The van der Waals surface area contributed by atoms with Crippen LogP contribution in [0.25, 0.3) is 0 Å². The lowest BCUT2D eigenvalue weighted by molar-refractivity contribution is 0.631. The highest BCUT2D eigenvalue weighted by atomic mass is 79.9. The Kier molecular flexibility index (Phi) is 4.45. The fourth-order valence-corrected chi connectivity index (χ4v) is 3.69. The molecule has 12 heavy (non-hydrogen) atoms. The summed E-state index contributed by atoms with van der Waals surface area (Å²) in [4.78, 5) is 0. The second-order valence-corrected chi connectivity index (χ2v) is 5.75. The van der Waals surface area contributed by atoms with E-state index in [9.17, 15) is 0 Å². The van der Waals surface area contributed by atoms with Crippen LogP contribution in [0.15, 0.2) is 0 Å². The second kappa shape index (κ2) is 4.90. The molecule has 1 fully saturated rings. The highest BCUT2D eigenvalue weighted by Crippen LogP contribution is 2.49. The molecule has 1 saturated carbocycles. The van der Waals surface area contributed by atoms with E-state index in [1.54, 1.807) is 0 Å². The maximum Gasteiger partial charge on any atom is 0.00958 e. The molecule has 0 aromatic carbocycles. The largest absolute Gasteiger partial charge is 0.161 e. The molecule has 0 aromatic rings. The number of halogens is 1. The standard InChI is InChI=1S/C10H19BrS/c1-3-9(2)6-12-8-10(7-11)4-5-10/h9H,3-8H2,1-2H3. The SMILES string of the molecule is CCC(C)CSCC1(CBr)CC1. The molecule has 0 radical (unpaired) electrons. The van der Waals surface area contributed by atoms with Gasteiger partial charge in [0.2, 0.25) is 0 Å². The number of rotatable bonds is 6. The van der Waals surface area contributed by atoms with Crippen LogP contribution in [-0.2, 0) is 0 Å². The fraction of sp³-hybridized carbons (Fsp3) is 1.00. The number of hydrogen-bond acceptors (Lipinski definition) is 1. The van der Waals surface area contributed by atoms with Gasteiger partial charge < -0.3 is 0 Å². The summed E-state index contributed by atoms with van der Waals surface area (Å²) in [6, 6.07) is 0. The number of hydrogen-bond donors (Lipinski definition) is 0. The Labute approximate surface area is 89.0 Å². The van der Waals surface area contributed by atoms with Crippen LogP contribution in [0.1, 0.15) is 33.1 Å². The zero-order valence-electron chi connectivity index (χ0n) is 8.11. The van der Waals surface area contributed by atoms with Gasteiger partial charge in [-0.15, -0.1) is 0 Å². The molecule has 0 heterocycles. The van der Waals surface area contributed by atoms with Crippen LogP contribution in [0.5, 0.6) is 0 Å². The zero-order chi connectivity index (χ0) is 9.03. The molecular weight excluding hydrogens is 232 g/mol. The van der Waals surface area contributed by atoms with Crippen LogP contribution < -0.4 is 0 Å². The summed E-state index contributed by atoms with van der Waals surface area (Å²) in [5.41, 5.74) is 0.706. The van der Waals surface area contributed by atoms with Crippen LogP contribution in [0.3, 0.4) is 0 Å². The number of thioether (sulfide) groups is 1. The van der Waals surface area contributed by atoms with Crippen molar-refractivity contribution in [3.63, 3.8) is 0 Å². The first-order valence-corrected chi connectivity index (χ1v) is 7.14. The van der Waals surface area contributed by atoms with Gasteiger partial charge in [-0.3, -0.25) is 0 Å². The maximum absolute atomic E-state index is 3.60. The summed E-state index contributed by atoms with van der Waals surface area (Å²) in [6.45, 7) is 4.63. The van der Waals surface area contributed by atoms with E-state index < -0.39 is 0 Å². The van der Waals surface area contributed by atoms with E-state index in [1.165, 1.54) is 36.1 Å². The lowest BCUT2D eigenvalue weighted by atomic mass is 10.2. The van der Waals surface area contributed by atoms with Gasteiger partial charge in [-0.25, -0.2) is 0 Å². The molecule has 0 amide bonds. The van der Waals surface area contributed by atoms with Crippen LogP contribution in [0, 0.1) is 11.3 Å². The molecule has 0 bridgehead atoms. The van der Waals surface area contributed by atoms with E-state index in [1.807, 2.05) is 0 Å². The van der Waals surface area contributed by atoms with Gasteiger partial charge in [-0.2, -0.15) is 11.8 Å². The predicted molar refractivity (Wildman–Crippen MR) is 62.2 cm³/mol. The van der Waals surface area contributed by atoms with Crippen LogP contribution >= 0.6 is 27.7 Å². The normalized spacial score (nSPS) is 22.2. The molecule has 1 aliphatic rings. The molecular formula is C10H19BrS. The smallest absolute Gasteiger partial charge is 0.00958 e. The lowest BCUT2D eigenvalue weighted by Gasteiger charge is -2.12. The summed E-state index contributed by atoms with van der Waals surface area (Å²) in [5, 5.41) is 1.22. The minimum Gasteiger partial charge on any atom is -0.161 e. The molecule has 0 aliphatic heterocycles. The lowest BCUT2D eigenvalue weighted by Crippen LogP contribution is -2.07. The summed E-state index contributed by atoms with van der Waals surface area (Å²) in [5.74, 6) is 3.63. The van der Waals surface area contributed by atoms with Gasteiger partial charge in [0.15, 0.2) is 0 Å². The highest BCUT2D eigenvalue weighted by molar-refractivity contribution is 9.09. The van der Waals surface area contributed by atoms with E-state index in [0.717, 1.165) is 5.92 Å². The fourth-order valence-electron chi connectivity index (χ4n) is 1.09. The summed E-state index contributed by atoms with van der Waals surface area (Å²) >= 11 is 5.75. The predicted octanol–water partition coefficient (Wildman–Crippen LogP) is 3.94. The van der Waals surface area contributed by atoms with Gasteiger partial charge in [0, 0.05) is 5.33 Å². The molecule has 0 nitrogen and oxygen atoms in total. The van der Waals surface area contributed by atoms with Crippen LogP contribution in [0.4, 0.5) is 0 Å². The third-order valence-corrected chi connectivity index (χ3v) is 5.56. The van der Waals surface area contributed by atoms with Crippen LogP contribution in [-0.4, -0.2) is 16.8 Å². The Morgan fingerprint density at radius 3 is 2.58 bits per heavy atom. The molecule has 0 N–H and O–H groups in total. The van der Waals surface area contributed by atoms with Crippen molar-refractivity contribution < 1.29 is 0 Å². The van der Waals surface area contributed by atoms with Gasteiger partial charge in [0.25, 0.3) is 0 Å². The van der Waals surface area contributed by atoms with Crippen molar-refractivity contribution in [1.29, 1.82) is 0 Å². The third kappa shape index (κ3) is 3.29. The third-order valence-electron chi connectivity index (χ3n) is 2.75. The molecule has 0 aromatic heterocycles. The average molecular weight is 251 g/mol. The Hall–Kier alpha value is 0.830. The van der Waals surface area contributed by atoms with Crippen molar-refractivity contribution >= 4 is 27.7 Å². The van der Waals surface area contributed by atoms with E-state index >= 15 is 0 Å². The van der Waals surface area contributed by atoms with Crippen molar-refractivity contribution in [3.05, 3.63) is 0 Å². The van der Waals surface area contributed by atoms with Crippen LogP contribution in [0.2, 0.25) is 0 Å². The van der Waals surface area contributed by atoms with Crippen molar-refractivity contribution in [2.24, 2.45) is 11.3 Å². The van der Waals surface area contributed by atoms with Gasteiger partial charge in [0.05, 0.1) is 0 Å². The summed E-state index contributed by atoms with van der Waals surface area (Å²) in [7, 11) is 0. The molecule has 1 unspecified atom stereocenters. The Morgan fingerprint density at radius 1 is 1.50 bits per heavy atom. The van der Waals surface area contributed by atoms with Crippen molar-refractivity contribution in [1.82, 2.24) is 0 Å². The quantitative estimate of drug-likeness (QED) is 0.644. The topological polar surface area (TPSA) is 0 Å².